The molecular formula is C15H18N2O2. The van der Waals surface area contributed by atoms with Crippen LogP contribution in [0.25, 0.3) is 10.9 Å². The van der Waals surface area contributed by atoms with Crippen LogP contribution in [0.1, 0.15) is 24.5 Å². The van der Waals surface area contributed by atoms with E-state index in [9.17, 15) is 9.59 Å². The van der Waals surface area contributed by atoms with Crippen LogP contribution in [0.4, 0.5) is 0 Å². The number of benzene rings is 1. The molecule has 0 saturated carbocycles. The molecule has 0 fully saturated rings. The maximum atomic E-state index is 12.0. The molecule has 100 valence electrons. The fourth-order valence-corrected chi connectivity index (χ4v) is 2.08. The van der Waals surface area contributed by atoms with E-state index in [0.717, 1.165) is 16.5 Å². The quantitative estimate of drug-likeness (QED) is 0.880. The van der Waals surface area contributed by atoms with Crippen molar-refractivity contribution in [1.29, 1.82) is 0 Å². The van der Waals surface area contributed by atoms with E-state index in [2.05, 4.69) is 10.3 Å². The Bertz CT molecular complexity index is 659. The molecule has 0 unspecified atom stereocenters. The van der Waals surface area contributed by atoms with Gasteiger partial charge in [-0.05, 0) is 30.4 Å². The Morgan fingerprint density at radius 3 is 2.89 bits per heavy atom. The molecule has 0 radical (unpaired) electrons. The Morgan fingerprint density at radius 1 is 1.37 bits per heavy atom. The van der Waals surface area contributed by atoms with Gasteiger partial charge in [-0.1, -0.05) is 25.1 Å². The maximum absolute atomic E-state index is 12.0. The van der Waals surface area contributed by atoms with Crippen LogP contribution in [0.3, 0.4) is 0 Å². The molecule has 1 heterocycles. The number of pyridine rings is 1. The molecule has 19 heavy (non-hydrogen) atoms. The summed E-state index contributed by atoms with van der Waals surface area (Å²) in [6.07, 6.45) is 1.01. The lowest BCUT2D eigenvalue weighted by Crippen LogP contribution is -2.26. The Labute approximate surface area is 111 Å². The van der Waals surface area contributed by atoms with Crippen molar-refractivity contribution in [3.63, 3.8) is 0 Å². The van der Waals surface area contributed by atoms with Gasteiger partial charge in [0.2, 0.25) is 5.91 Å². The summed E-state index contributed by atoms with van der Waals surface area (Å²) in [6.45, 7) is 4.27. The first-order valence-corrected chi connectivity index (χ1v) is 6.50. The second-order valence-corrected chi connectivity index (χ2v) is 4.62. The van der Waals surface area contributed by atoms with Crippen molar-refractivity contribution in [1.82, 2.24) is 10.3 Å². The van der Waals surface area contributed by atoms with Gasteiger partial charge >= 0.3 is 0 Å². The molecule has 0 aliphatic rings. The zero-order valence-electron chi connectivity index (χ0n) is 11.2. The summed E-state index contributed by atoms with van der Waals surface area (Å²) in [4.78, 5) is 26.0. The van der Waals surface area contributed by atoms with Crippen LogP contribution in [0.2, 0.25) is 0 Å². The minimum Gasteiger partial charge on any atom is -0.356 e. The van der Waals surface area contributed by atoms with Crippen LogP contribution >= 0.6 is 0 Å². The Hall–Kier alpha value is -2.10. The van der Waals surface area contributed by atoms with Gasteiger partial charge in [0.05, 0.1) is 5.52 Å². The fourth-order valence-electron chi connectivity index (χ4n) is 2.08. The summed E-state index contributed by atoms with van der Waals surface area (Å²) < 4.78 is 0. The second-order valence-electron chi connectivity index (χ2n) is 4.62. The lowest BCUT2D eigenvalue weighted by atomic mass is 10.1. The van der Waals surface area contributed by atoms with Crippen molar-refractivity contribution in [3.8, 4) is 0 Å². The summed E-state index contributed by atoms with van der Waals surface area (Å²) in [6, 6.07) is 7.82. The first kappa shape index (κ1) is 13.3. The summed E-state index contributed by atoms with van der Waals surface area (Å²) in [5, 5.41) is 3.80. The van der Waals surface area contributed by atoms with Gasteiger partial charge < -0.3 is 10.3 Å². The predicted molar refractivity (Wildman–Crippen MR) is 76.3 cm³/mol. The standard InChI is InChI=1S/C15H18N2O2/c1-3-13(18)16-8-7-12-9-11-6-4-5-10(2)14(11)17-15(12)19/h4-6,9H,3,7-8H2,1-2H3,(H,16,18)(H,17,19). The molecular weight excluding hydrogens is 240 g/mol. The Balaban J connectivity index is 2.22. The summed E-state index contributed by atoms with van der Waals surface area (Å²) in [5.41, 5.74) is 2.57. The van der Waals surface area contributed by atoms with Crippen LogP contribution in [-0.4, -0.2) is 17.4 Å². The normalized spacial score (nSPS) is 10.6. The number of hydrogen-bond acceptors (Lipinski definition) is 2. The number of aromatic nitrogens is 1. The van der Waals surface area contributed by atoms with Crippen molar-refractivity contribution in [2.75, 3.05) is 6.54 Å². The smallest absolute Gasteiger partial charge is 0.251 e. The van der Waals surface area contributed by atoms with Gasteiger partial charge in [0, 0.05) is 18.5 Å². The highest BCUT2D eigenvalue weighted by atomic mass is 16.1. The lowest BCUT2D eigenvalue weighted by molar-refractivity contribution is -0.120. The van der Waals surface area contributed by atoms with Crippen molar-refractivity contribution >= 4 is 16.8 Å². The second kappa shape index (κ2) is 5.69. The van der Waals surface area contributed by atoms with E-state index in [1.165, 1.54) is 0 Å². The predicted octanol–water partition coefficient (Wildman–Crippen LogP) is 1.91. The third-order valence-corrected chi connectivity index (χ3v) is 3.20. The molecule has 0 bridgehead atoms. The molecule has 2 aromatic rings. The zero-order chi connectivity index (χ0) is 13.8. The minimum absolute atomic E-state index is 0.00746. The molecule has 1 aromatic carbocycles. The third kappa shape index (κ3) is 3.02. The van der Waals surface area contributed by atoms with Gasteiger partial charge in [0.25, 0.3) is 5.56 Å². The highest BCUT2D eigenvalue weighted by Crippen LogP contribution is 2.14. The molecule has 1 aromatic heterocycles. The minimum atomic E-state index is -0.0763. The average molecular weight is 258 g/mol. The number of fused-ring (bicyclic) bond motifs is 1. The van der Waals surface area contributed by atoms with Crippen molar-refractivity contribution in [2.24, 2.45) is 0 Å². The molecule has 0 atom stereocenters. The Kier molecular flexibility index (Phi) is 4.00. The van der Waals surface area contributed by atoms with E-state index < -0.39 is 0 Å². The molecule has 4 heteroatoms. The topological polar surface area (TPSA) is 62.0 Å². The largest absolute Gasteiger partial charge is 0.356 e. The van der Waals surface area contributed by atoms with Crippen molar-refractivity contribution in [3.05, 3.63) is 45.7 Å². The Morgan fingerprint density at radius 2 is 2.16 bits per heavy atom. The highest BCUT2D eigenvalue weighted by molar-refractivity contribution is 5.82. The molecule has 0 aliphatic heterocycles. The summed E-state index contributed by atoms with van der Waals surface area (Å²) in [5.74, 6) is 0.00746. The first-order chi connectivity index (χ1) is 9.11. The zero-order valence-corrected chi connectivity index (χ0v) is 11.2. The number of aryl methyl sites for hydroxylation is 1. The van der Waals surface area contributed by atoms with E-state index in [4.69, 9.17) is 0 Å². The fraction of sp³-hybridized carbons (Fsp3) is 0.333. The molecule has 2 rings (SSSR count). The third-order valence-electron chi connectivity index (χ3n) is 3.20. The lowest BCUT2D eigenvalue weighted by Gasteiger charge is -2.06. The van der Waals surface area contributed by atoms with Crippen molar-refractivity contribution in [2.45, 2.75) is 26.7 Å². The van der Waals surface area contributed by atoms with Crippen LogP contribution in [0.15, 0.2) is 29.1 Å². The molecule has 1 amide bonds. The number of carbonyl (C=O) groups excluding carboxylic acids is 1. The molecule has 0 aliphatic carbocycles. The maximum Gasteiger partial charge on any atom is 0.251 e. The van der Waals surface area contributed by atoms with Gasteiger partial charge in [-0.15, -0.1) is 0 Å². The van der Waals surface area contributed by atoms with E-state index >= 15 is 0 Å². The van der Waals surface area contributed by atoms with Crippen LogP contribution in [-0.2, 0) is 11.2 Å². The highest BCUT2D eigenvalue weighted by Gasteiger charge is 2.05. The number of nitrogens with one attached hydrogen (secondary N) is 2. The van der Waals surface area contributed by atoms with Crippen LogP contribution < -0.4 is 10.9 Å². The van der Waals surface area contributed by atoms with Gasteiger partial charge in [-0.3, -0.25) is 9.59 Å². The number of hydrogen-bond donors (Lipinski definition) is 2. The van der Waals surface area contributed by atoms with Gasteiger partial charge in [-0.25, -0.2) is 0 Å². The number of aromatic amines is 1. The summed E-state index contributed by atoms with van der Waals surface area (Å²) >= 11 is 0. The number of rotatable bonds is 4. The van der Waals surface area contributed by atoms with Gasteiger partial charge in [0.15, 0.2) is 0 Å². The van der Waals surface area contributed by atoms with Crippen LogP contribution in [0, 0.1) is 6.92 Å². The number of H-pyrrole nitrogens is 1. The summed E-state index contributed by atoms with van der Waals surface area (Å²) in [7, 11) is 0. The van der Waals surface area contributed by atoms with E-state index in [1.807, 2.05) is 31.2 Å². The molecule has 2 N–H and O–H groups in total. The number of amides is 1. The molecule has 0 spiro atoms. The van der Waals surface area contributed by atoms with E-state index in [-0.39, 0.29) is 11.5 Å². The van der Waals surface area contributed by atoms with Crippen LogP contribution in [0.5, 0.6) is 0 Å². The number of para-hydroxylation sites is 1. The van der Waals surface area contributed by atoms with E-state index in [1.54, 1.807) is 6.92 Å². The first-order valence-electron chi connectivity index (χ1n) is 6.50. The van der Waals surface area contributed by atoms with Gasteiger partial charge in [-0.2, -0.15) is 0 Å². The van der Waals surface area contributed by atoms with Crippen molar-refractivity contribution < 1.29 is 4.79 Å². The molecule has 0 saturated heterocycles. The number of carbonyl (C=O) groups is 1. The average Bonchev–Trinajstić information content (AvgIpc) is 2.40. The monoisotopic (exact) mass is 258 g/mol. The van der Waals surface area contributed by atoms with Gasteiger partial charge in [0.1, 0.15) is 0 Å². The van der Waals surface area contributed by atoms with E-state index in [0.29, 0.717) is 24.9 Å². The SMILES string of the molecule is CCC(=O)NCCc1cc2cccc(C)c2[nH]c1=O. The molecule has 4 nitrogen and oxygen atoms in total.